The van der Waals surface area contributed by atoms with E-state index in [1.165, 1.54) is 0 Å². The minimum Gasteiger partial charge on any atom is -0.494 e. The van der Waals surface area contributed by atoms with Crippen LogP contribution in [0.1, 0.15) is 30.1 Å². The number of benzene rings is 2. The van der Waals surface area contributed by atoms with Gasteiger partial charge in [-0.05, 0) is 56.2 Å². The number of rotatable bonds is 5. The first-order chi connectivity index (χ1) is 14.6. The van der Waals surface area contributed by atoms with Gasteiger partial charge < -0.3 is 15.0 Å². The van der Waals surface area contributed by atoms with Crippen LogP contribution in [-0.2, 0) is 4.79 Å². The lowest BCUT2D eigenvalue weighted by atomic mass is 9.98. The Hall–Kier alpha value is -3.55. The number of piperidine rings is 1. The Morgan fingerprint density at radius 1 is 1.03 bits per heavy atom. The van der Waals surface area contributed by atoms with E-state index in [0.717, 1.165) is 0 Å². The van der Waals surface area contributed by atoms with Crippen LogP contribution in [0.3, 0.4) is 0 Å². The van der Waals surface area contributed by atoms with E-state index in [-0.39, 0.29) is 17.9 Å². The van der Waals surface area contributed by atoms with Crippen LogP contribution in [0, 0.1) is 5.92 Å². The fraction of sp³-hybridized carbons (Fsp3) is 0.318. The third kappa shape index (κ3) is 5.73. The van der Waals surface area contributed by atoms with Crippen LogP contribution >= 0.6 is 0 Å². The highest BCUT2D eigenvalue weighted by Gasteiger charge is 2.28. The lowest BCUT2D eigenvalue weighted by Crippen LogP contribution is -2.50. The second-order valence-electron chi connectivity index (χ2n) is 6.98. The lowest BCUT2D eigenvalue weighted by molar-refractivity contribution is -0.127. The van der Waals surface area contributed by atoms with Gasteiger partial charge in [0.15, 0.2) is 0 Å². The predicted molar refractivity (Wildman–Crippen MR) is 113 cm³/mol. The number of anilines is 1. The Kier molecular flexibility index (Phi) is 7.26. The molecule has 1 heterocycles. The zero-order valence-corrected chi connectivity index (χ0v) is 16.9. The summed E-state index contributed by atoms with van der Waals surface area (Å²) in [6, 6.07) is 15.6. The molecule has 158 valence electrons. The molecule has 0 aliphatic carbocycles. The van der Waals surface area contributed by atoms with Gasteiger partial charge in [-0.2, -0.15) is 0 Å². The number of hydrogen-bond acceptors (Lipinski definition) is 4. The van der Waals surface area contributed by atoms with Gasteiger partial charge in [-0.1, -0.05) is 18.2 Å². The van der Waals surface area contributed by atoms with Gasteiger partial charge in [0.25, 0.3) is 5.91 Å². The molecule has 1 aliphatic heterocycles. The molecule has 0 saturated carbocycles. The van der Waals surface area contributed by atoms with E-state index in [9.17, 15) is 14.4 Å². The van der Waals surface area contributed by atoms with Crippen molar-refractivity contribution in [3.8, 4) is 5.75 Å². The number of urea groups is 1. The van der Waals surface area contributed by atoms with E-state index in [0.29, 0.717) is 49.5 Å². The molecule has 3 rings (SSSR count). The number of carbonyl (C=O) groups excluding carboxylic acids is 3. The molecule has 8 nitrogen and oxygen atoms in total. The van der Waals surface area contributed by atoms with Crippen molar-refractivity contribution in [1.29, 1.82) is 0 Å². The molecule has 2 aromatic carbocycles. The number of amides is 4. The fourth-order valence-corrected chi connectivity index (χ4v) is 3.26. The van der Waals surface area contributed by atoms with Gasteiger partial charge in [0.2, 0.25) is 5.91 Å². The maximum absolute atomic E-state index is 12.5. The summed E-state index contributed by atoms with van der Waals surface area (Å²) in [4.78, 5) is 38.8. The highest BCUT2D eigenvalue weighted by molar-refractivity contribution is 5.96. The molecule has 0 spiro atoms. The molecule has 0 radical (unpaired) electrons. The Balaban J connectivity index is 1.48. The number of hydrogen-bond donors (Lipinski definition) is 3. The van der Waals surface area contributed by atoms with Gasteiger partial charge in [-0.15, -0.1) is 0 Å². The number of likely N-dealkylation sites (tertiary alicyclic amines) is 1. The zero-order chi connectivity index (χ0) is 21.3. The standard InChI is InChI=1S/C22H26N4O4/c1-2-30-19-12-10-16(11-13-19)20(27)24-25-21(28)17-7-6-14-26(15-17)22(29)23-18-8-4-3-5-9-18/h3-5,8-13,17H,2,6-7,14-15H2,1H3,(H,23,29)(H,24,27)(H,25,28)/t17-/m1/s1. The second-order valence-corrected chi connectivity index (χ2v) is 6.98. The normalized spacial score (nSPS) is 15.8. The topological polar surface area (TPSA) is 99.8 Å². The summed E-state index contributed by atoms with van der Waals surface area (Å²) in [5.41, 5.74) is 6.02. The Morgan fingerprint density at radius 3 is 2.47 bits per heavy atom. The van der Waals surface area contributed by atoms with Crippen LogP contribution in [0.4, 0.5) is 10.5 Å². The molecule has 4 amide bonds. The molecule has 1 atom stereocenters. The van der Waals surface area contributed by atoms with Crippen molar-refractivity contribution in [3.63, 3.8) is 0 Å². The number of carbonyl (C=O) groups is 3. The third-order valence-corrected chi connectivity index (χ3v) is 4.83. The van der Waals surface area contributed by atoms with Gasteiger partial charge in [0, 0.05) is 24.3 Å². The molecule has 0 aromatic heterocycles. The molecule has 0 bridgehead atoms. The number of nitrogens with one attached hydrogen (secondary N) is 3. The van der Waals surface area contributed by atoms with Crippen LogP contribution in [0.5, 0.6) is 5.75 Å². The lowest BCUT2D eigenvalue weighted by Gasteiger charge is -2.32. The first-order valence-electron chi connectivity index (χ1n) is 10.0. The molecule has 1 aliphatic rings. The van der Waals surface area contributed by atoms with E-state index in [1.807, 2.05) is 37.3 Å². The van der Waals surface area contributed by atoms with Crippen molar-refractivity contribution >= 4 is 23.5 Å². The monoisotopic (exact) mass is 410 g/mol. The summed E-state index contributed by atoms with van der Waals surface area (Å²) in [7, 11) is 0. The van der Waals surface area contributed by atoms with E-state index in [1.54, 1.807) is 29.2 Å². The van der Waals surface area contributed by atoms with Crippen molar-refractivity contribution in [2.24, 2.45) is 5.92 Å². The summed E-state index contributed by atoms with van der Waals surface area (Å²) in [5, 5.41) is 2.83. The summed E-state index contributed by atoms with van der Waals surface area (Å²) in [6.07, 6.45) is 1.37. The van der Waals surface area contributed by atoms with Crippen LogP contribution in [0.25, 0.3) is 0 Å². The van der Waals surface area contributed by atoms with Gasteiger partial charge in [-0.3, -0.25) is 20.4 Å². The van der Waals surface area contributed by atoms with E-state index in [2.05, 4.69) is 16.2 Å². The minimum atomic E-state index is -0.416. The predicted octanol–water partition coefficient (Wildman–Crippen LogP) is 2.79. The Bertz CT molecular complexity index is 870. The van der Waals surface area contributed by atoms with E-state index >= 15 is 0 Å². The summed E-state index contributed by atoms with van der Waals surface area (Å²) in [5.74, 6) is -0.442. The highest BCUT2D eigenvalue weighted by atomic mass is 16.5. The Morgan fingerprint density at radius 2 is 1.77 bits per heavy atom. The average Bonchev–Trinajstić information content (AvgIpc) is 2.78. The van der Waals surface area contributed by atoms with Crippen molar-refractivity contribution in [1.82, 2.24) is 15.8 Å². The number of ether oxygens (including phenoxy) is 1. The Labute approximate surface area is 175 Å². The molecule has 0 unspecified atom stereocenters. The molecule has 1 saturated heterocycles. The van der Waals surface area contributed by atoms with Crippen LogP contribution in [0.2, 0.25) is 0 Å². The van der Waals surface area contributed by atoms with Gasteiger partial charge in [-0.25, -0.2) is 4.79 Å². The quantitative estimate of drug-likeness (QED) is 0.660. The third-order valence-electron chi connectivity index (χ3n) is 4.83. The fourth-order valence-electron chi connectivity index (χ4n) is 3.26. The smallest absolute Gasteiger partial charge is 0.321 e. The summed E-state index contributed by atoms with van der Waals surface area (Å²) in [6.45, 7) is 3.31. The van der Waals surface area contributed by atoms with Crippen LogP contribution in [-0.4, -0.2) is 42.4 Å². The molecule has 1 fully saturated rings. The largest absolute Gasteiger partial charge is 0.494 e. The number of nitrogens with zero attached hydrogens (tertiary/aromatic N) is 1. The van der Waals surface area contributed by atoms with Crippen LogP contribution < -0.4 is 20.9 Å². The average molecular weight is 410 g/mol. The summed E-state index contributed by atoms with van der Waals surface area (Å²) >= 11 is 0. The highest BCUT2D eigenvalue weighted by Crippen LogP contribution is 2.18. The van der Waals surface area contributed by atoms with Crippen LogP contribution in [0.15, 0.2) is 54.6 Å². The number of para-hydroxylation sites is 1. The molecule has 8 heteroatoms. The number of hydrazine groups is 1. The maximum Gasteiger partial charge on any atom is 0.321 e. The molecular weight excluding hydrogens is 384 g/mol. The second kappa shape index (κ2) is 10.3. The van der Waals surface area contributed by atoms with E-state index in [4.69, 9.17) is 4.74 Å². The first-order valence-corrected chi connectivity index (χ1v) is 10.0. The van der Waals surface area contributed by atoms with Gasteiger partial charge in [0.05, 0.1) is 12.5 Å². The van der Waals surface area contributed by atoms with Gasteiger partial charge >= 0.3 is 6.03 Å². The first kappa shape index (κ1) is 21.2. The van der Waals surface area contributed by atoms with Crippen molar-refractivity contribution in [2.45, 2.75) is 19.8 Å². The molecule has 30 heavy (non-hydrogen) atoms. The van der Waals surface area contributed by atoms with Crippen molar-refractivity contribution < 1.29 is 19.1 Å². The van der Waals surface area contributed by atoms with E-state index < -0.39 is 5.91 Å². The van der Waals surface area contributed by atoms with Gasteiger partial charge in [0.1, 0.15) is 5.75 Å². The molecule has 2 aromatic rings. The van der Waals surface area contributed by atoms with Crippen molar-refractivity contribution in [2.75, 3.05) is 25.0 Å². The molecular formula is C22H26N4O4. The summed E-state index contributed by atoms with van der Waals surface area (Å²) < 4.78 is 5.35. The maximum atomic E-state index is 12.5. The van der Waals surface area contributed by atoms with Crippen molar-refractivity contribution in [3.05, 3.63) is 60.2 Å². The minimum absolute atomic E-state index is 0.239. The molecule has 3 N–H and O–H groups in total. The SMILES string of the molecule is CCOc1ccc(C(=O)NNC(=O)[C@@H]2CCCN(C(=O)Nc3ccccc3)C2)cc1. The zero-order valence-electron chi connectivity index (χ0n) is 16.9.